The molecular weight excluding hydrogens is 342 g/mol. The van der Waals surface area contributed by atoms with Crippen molar-refractivity contribution >= 4 is 11.8 Å². The molecule has 0 amide bonds. The molecule has 0 spiro atoms. The van der Waals surface area contributed by atoms with Crippen LogP contribution >= 0.6 is 11.8 Å². The maximum absolute atomic E-state index is 5.55. The third-order valence-electron chi connectivity index (χ3n) is 3.35. The number of nitrogens with zero attached hydrogens (tertiary/aromatic N) is 4. The molecule has 9 heteroatoms. The summed E-state index contributed by atoms with van der Waals surface area (Å²) in [4.78, 5) is 4.45. The van der Waals surface area contributed by atoms with Crippen molar-refractivity contribution < 1.29 is 13.6 Å². The van der Waals surface area contributed by atoms with E-state index in [0.29, 0.717) is 34.3 Å². The molecule has 0 saturated carbocycles. The largest absolute Gasteiger partial charge is 0.497 e. The first-order valence-electron chi connectivity index (χ1n) is 7.38. The SMILES string of the molecule is COc1ccc(-c2nc(SCc3nnc(-c4ccco4)o3)n[nH]2)cc1. The minimum atomic E-state index is 0.356. The van der Waals surface area contributed by atoms with Gasteiger partial charge < -0.3 is 13.6 Å². The molecule has 0 atom stereocenters. The van der Waals surface area contributed by atoms with Crippen molar-refractivity contribution in [3.63, 3.8) is 0 Å². The second-order valence-electron chi connectivity index (χ2n) is 4.96. The van der Waals surface area contributed by atoms with Crippen molar-refractivity contribution in [2.45, 2.75) is 10.9 Å². The number of rotatable bonds is 6. The molecule has 0 unspecified atom stereocenters. The Hall–Kier alpha value is -3.07. The average molecular weight is 355 g/mol. The average Bonchev–Trinajstić information content (AvgIpc) is 3.41. The fourth-order valence-corrected chi connectivity index (χ4v) is 2.76. The molecular formula is C16H13N5O3S. The standard InChI is InChI=1S/C16H13N5O3S/c1-22-11-6-4-10(5-7-11)14-17-16(21-19-14)25-9-13-18-20-15(24-13)12-3-2-8-23-12/h2-8H,9H2,1H3,(H,17,19,21). The minimum Gasteiger partial charge on any atom is -0.497 e. The molecule has 0 aliphatic carbocycles. The number of ether oxygens (including phenoxy) is 1. The Morgan fingerprint density at radius 3 is 2.80 bits per heavy atom. The summed E-state index contributed by atoms with van der Waals surface area (Å²) in [5.74, 6) is 3.33. The van der Waals surface area contributed by atoms with Gasteiger partial charge in [0.1, 0.15) is 5.75 Å². The van der Waals surface area contributed by atoms with Gasteiger partial charge >= 0.3 is 0 Å². The van der Waals surface area contributed by atoms with Crippen molar-refractivity contribution in [3.8, 4) is 28.8 Å². The quantitative estimate of drug-likeness (QED) is 0.525. The molecule has 4 aromatic rings. The highest BCUT2D eigenvalue weighted by atomic mass is 32.2. The van der Waals surface area contributed by atoms with Gasteiger partial charge in [0, 0.05) is 5.56 Å². The molecule has 0 aliphatic rings. The second-order valence-corrected chi connectivity index (χ2v) is 5.90. The second kappa shape index (κ2) is 6.81. The van der Waals surface area contributed by atoms with Gasteiger partial charge in [-0.05, 0) is 36.4 Å². The number of hydrogen-bond donors (Lipinski definition) is 1. The van der Waals surface area contributed by atoms with E-state index in [4.69, 9.17) is 13.6 Å². The van der Waals surface area contributed by atoms with Crippen LogP contribution in [0.1, 0.15) is 5.89 Å². The van der Waals surface area contributed by atoms with Gasteiger partial charge in [-0.25, -0.2) is 4.98 Å². The molecule has 0 fully saturated rings. The van der Waals surface area contributed by atoms with Crippen LogP contribution in [0.2, 0.25) is 0 Å². The van der Waals surface area contributed by atoms with Gasteiger partial charge in [0.15, 0.2) is 11.6 Å². The van der Waals surface area contributed by atoms with Crippen molar-refractivity contribution in [1.29, 1.82) is 0 Å². The van der Waals surface area contributed by atoms with Crippen LogP contribution in [-0.2, 0) is 5.75 Å². The van der Waals surface area contributed by atoms with E-state index in [1.54, 1.807) is 25.5 Å². The summed E-state index contributed by atoms with van der Waals surface area (Å²) in [6.07, 6.45) is 1.56. The summed E-state index contributed by atoms with van der Waals surface area (Å²) in [5, 5.41) is 15.7. The summed E-state index contributed by atoms with van der Waals surface area (Å²) < 4.78 is 15.9. The van der Waals surface area contributed by atoms with Gasteiger partial charge in [-0.3, -0.25) is 5.10 Å². The predicted molar refractivity (Wildman–Crippen MR) is 89.9 cm³/mol. The van der Waals surface area contributed by atoms with Crippen LogP contribution in [0.4, 0.5) is 0 Å². The maximum atomic E-state index is 5.55. The lowest BCUT2D eigenvalue weighted by atomic mass is 10.2. The topological polar surface area (TPSA) is 103 Å². The fourth-order valence-electron chi connectivity index (χ4n) is 2.13. The predicted octanol–water partition coefficient (Wildman–Crippen LogP) is 3.42. The zero-order valence-corrected chi connectivity index (χ0v) is 14.0. The van der Waals surface area contributed by atoms with Crippen LogP contribution in [0, 0.1) is 0 Å². The molecule has 25 heavy (non-hydrogen) atoms. The molecule has 0 saturated heterocycles. The molecule has 8 nitrogen and oxygen atoms in total. The van der Waals surface area contributed by atoms with Crippen molar-refractivity contribution in [2.75, 3.05) is 7.11 Å². The number of H-pyrrole nitrogens is 1. The summed E-state index contributed by atoms with van der Waals surface area (Å²) in [6, 6.07) is 11.1. The number of furan rings is 1. The Balaban J connectivity index is 1.41. The first kappa shape index (κ1) is 15.5. The number of nitrogens with one attached hydrogen (secondary N) is 1. The first-order valence-corrected chi connectivity index (χ1v) is 8.36. The lowest BCUT2D eigenvalue weighted by Gasteiger charge is -1.99. The fraction of sp³-hybridized carbons (Fsp3) is 0.125. The lowest BCUT2D eigenvalue weighted by molar-refractivity contribution is 0.415. The minimum absolute atomic E-state index is 0.356. The number of aromatic nitrogens is 5. The van der Waals surface area contributed by atoms with Gasteiger partial charge in [-0.2, -0.15) is 0 Å². The van der Waals surface area contributed by atoms with Crippen LogP contribution in [0.15, 0.2) is 56.7 Å². The van der Waals surface area contributed by atoms with E-state index in [-0.39, 0.29) is 0 Å². The van der Waals surface area contributed by atoms with Gasteiger partial charge in [-0.15, -0.1) is 15.3 Å². The van der Waals surface area contributed by atoms with E-state index in [1.807, 2.05) is 24.3 Å². The van der Waals surface area contributed by atoms with Gasteiger partial charge in [0.05, 0.1) is 19.1 Å². The molecule has 0 bridgehead atoms. The number of aromatic amines is 1. The number of methoxy groups -OCH3 is 1. The van der Waals surface area contributed by atoms with Crippen LogP contribution in [-0.4, -0.2) is 32.5 Å². The van der Waals surface area contributed by atoms with Crippen LogP contribution in [0.25, 0.3) is 23.0 Å². The molecule has 4 rings (SSSR count). The molecule has 0 aliphatic heterocycles. The first-order chi connectivity index (χ1) is 12.3. The lowest BCUT2D eigenvalue weighted by Crippen LogP contribution is -1.84. The van der Waals surface area contributed by atoms with E-state index < -0.39 is 0 Å². The molecule has 3 aromatic heterocycles. The number of thioether (sulfide) groups is 1. The summed E-state index contributed by atoms with van der Waals surface area (Å²) in [7, 11) is 1.63. The third kappa shape index (κ3) is 3.41. The number of hydrogen-bond acceptors (Lipinski definition) is 8. The molecule has 0 radical (unpaired) electrons. The van der Waals surface area contributed by atoms with Crippen molar-refractivity contribution in [1.82, 2.24) is 25.4 Å². The molecule has 1 N–H and O–H groups in total. The van der Waals surface area contributed by atoms with Crippen LogP contribution < -0.4 is 4.74 Å². The maximum Gasteiger partial charge on any atom is 0.283 e. The van der Waals surface area contributed by atoms with E-state index >= 15 is 0 Å². The van der Waals surface area contributed by atoms with E-state index in [0.717, 1.165) is 11.3 Å². The summed E-state index contributed by atoms with van der Waals surface area (Å²) in [6.45, 7) is 0. The van der Waals surface area contributed by atoms with E-state index in [1.165, 1.54) is 11.8 Å². The smallest absolute Gasteiger partial charge is 0.283 e. The number of benzene rings is 1. The zero-order valence-electron chi connectivity index (χ0n) is 13.2. The Labute approximate surface area is 146 Å². The van der Waals surface area contributed by atoms with Crippen molar-refractivity contribution in [2.24, 2.45) is 0 Å². The van der Waals surface area contributed by atoms with Crippen LogP contribution in [0.5, 0.6) is 5.75 Å². The van der Waals surface area contributed by atoms with Crippen molar-refractivity contribution in [3.05, 3.63) is 48.6 Å². The zero-order chi connectivity index (χ0) is 17.1. The normalized spacial score (nSPS) is 10.9. The highest BCUT2D eigenvalue weighted by Crippen LogP contribution is 2.25. The Morgan fingerprint density at radius 1 is 1.16 bits per heavy atom. The Morgan fingerprint density at radius 2 is 2.04 bits per heavy atom. The highest BCUT2D eigenvalue weighted by molar-refractivity contribution is 7.98. The van der Waals surface area contributed by atoms with Gasteiger partial charge in [-0.1, -0.05) is 11.8 Å². The third-order valence-corrected chi connectivity index (χ3v) is 4.18. The van der Waals surface area contributed by atoms with E-state index in [9.17, 15) is 0 Å². The van der Waals surface area contributed by atoms with Gasteiger partial charge in [0.2, 0.25) is 11.0 Å². The van der Waals surface area contributed by atoms with E-state index in [2.05, 4.69) is 25.4 Å². The monoisotopic (exact) mass is 355 g/mol. The van der Waals surface area contributed by atoms with Crippen LogP contribution in [0.3, 0.4) is 0 Å². The molecule has 126 valence electrons. The highest BCUT2D eigenvalue weighted by Gasteiger charge is 2.13. The molecule has 3 heterocycles. The summed E-state index contributed by atoms with van der Waals surface area (Å²) in [5.41, 5.74) is 0.929. The summed E-state index contributed by atoms with van der Waals surface area (Å²) >= 11 is 1.40. The Bertz CT molecular complexity index is 946. The van der Waals surface area contributed by atoms with Gasteiger partial charge in [0.25, 0.3) is 5.89 Å². The molecule has 1 aromatic carbocycles. The Kier molecular flexibility index (Phi) is 4.21.